The van der Waals surface area contributed by atoms with Crippen LogP contribution in [0.2, 0.25) is 0 Å². The maximum Gasteiger partial charge on any atom is 0.257 e. The van der Waals surface area contributed by atoms with Crippen LogP contribution in [0.4, 0.5) is 5.69 Å². The lowest BCUT2D eigenvalue weighted by atomic mass is 9.92. The van der Waals surface area contributed by atoms with E-state index in [9.17, 15) is 19.6 Å². The molecule has 1 aromatic heterocycles. The fourth-order valence-corrected chi connectivity index (χ4v) is 6.40. The van der Waals surface area contributed by atoms with Gasteiger partial charge in [0, 0.05) is 11.7 Å². The second kappa shape index (κ2) is 12.6. The lowest BCUT2D eigenvalue weighted by Gasteiger charge is -2.39. The zero-order chi connectivity index (χ0) is 28.1. The Labute approximate surface area is 234 Å². The average Bonchev–Trinajstić information content (AvgIpc) is 3.24. The molecule has 1 saturated carbocycles. The number of nitrogens with zero attached hydrogens (tertiary/aromatic N) is 4. The largest absolute Gasteiger partial charge is 0.497 e. The Morgan fingerprint density at radius 2 is 1.85 bits per heavy atom. The van der Waals surface area contributed by atoms with Crippen LogP contribution in [0.3, 0.4) is 0 Å². The van der Waals surface area contributed by atoms with Crippen LogP contribution in [-0.4, -0.2) is 52.0 Å². The number of methoxy groups -OCH3 is 1. The molecular formula is C30H36N4O4S. The molecule has 3 amide bonds. The second-order valence-corrected chi connectivity index (χ2v) is 11.6. The highest BCUT2D eigenvalue weighted by atomic mass is 32.2. The number of thioether (sulfide) groups is 1. The lowest BCUT2D eigenvalue weighted by Crippen LogP contribution is -2.53. The molecular weight excluding hydrogens is 512 g/mol. The molecule has 1 aromatic carbocycles. The van der Waals surface area contributed by atoms with Crippen molar-refractivity contribution in [3.8, 4) is 11.8 Å². The Balaban J connectivity index is 1.65. The standard InChI is InChI=1S/C30H36N4O4S/c1-5-26(39-28-20(18-31)11-16-24(32-28)19(2)3)30(37)33(21-9-7-6-8-10-21)25-17-27(35)34(29(25)36)22-12-14-23(38-4)15-13-22/h11-16,19,21,25-26H,5-10,17H2,1-4H3. The molecule has 1 aliphatic carbocycles. The SMILES string of the molecule is CCC(Sc1nc(C(C)C)ccc1C#N)C(=O)N(C1CCCCC1)C1CC(=O)N(c2ccc(OC)cc2)C1=O. The molecule has 39 heavy (non-hydrogen) atoms. The molecule has 1 aliphatic heterocycles. The number of aromatic nitrogens is 1. The molecule has 206 valence electrons. The average molecular weight is 549 g/mol. The Kier molecular flexibility index (Phi) is 9.28. The number of imide groups is 1. The lowest BCUT2D eigenvalue weighted by molar-refractivity contribution is -0.141. The predicted octanol–water partition coefficient (Wildman–Crippen LogP) is 5.45. The van der Waals surface area contributed by atoms with Gasteiger partial charge in [-0.15, -0.1) is 0 Å². The molecule has 2 aromatic rings. The summed E-state index contributed by atoms with van der Waals surface area (Å²) in [7, 11) is 1.56. The van der Waals surface area contributed by atoms with Crippen LogP contribution < -0.4 is 9.64 Å². The van der Waals surface area contributed by atoms with Gasteiger partial charge in [0.1, 0.15) is 22.9 Å². The van der Waals surface area contributed by atoms with Gasteiger partial charge in [0.25, 0.3) is 5.91 Å². The Hall–Kier alpha value is -3.38. The molecule has 9 heteroatoms. The molecule has 0 bridgehead atoms. The van der Waals surface area contributed by atoms with Crippen LogP contribution in [0.15, 0.2) is 41.4 Å². The molecule has 2 aliphatic rings. The van der Waals surface area contributed by atoms with Crippen LogP contribution in [0, 0.1) is 11.3 Å². The van der Waals surface area contributed by atoms with E-state index in [1.54, 1.807) is 42.3 Å². The number of hydrogen-bond donors (Lipinski definition) is 0. The van der Waals surface area contributed by atoms with Gasteiger partial charge in [-0.25, -0.2) is 9.88 Å². The third kappa shape index (κ3) is 6.11. The number of carbonyl (C=O) groups is 3. The monoisotopic (exact) mass is 548 g/mol. The van der Waals surface area contributed by atoms with Gasteiger partial charge < -0.3 is 9.64 Å². The minimum Gasteiger partial charge on any atom is -0.497 e. The molecule has 0 radical (unpaired) electrons. The first-order valence-electron chi connectivity index (χ1n) is 13.7. The summed E-state index contributed by atoms with van der Waals surface area (Å²) in [5, 5.41) is 9.69. The first-order valence-corrected chi connectivity index (χ1v) is 14.6. The van der Waals surface area contributed by atoms with Crippen molar-refractivity contribution in [3.63, 3.8) is 0 Å². The zero-order valence-electron chi connectivity index (χ0n) is 23.1. The highest BCUT2D eigenvalue weighted by molar-refractivity contribution is 8.00. The fraction of sp³-hybridized carbons (Fsp3) is 0.500. The number of nitriles is 1. The Bertz CT molecular complexity index is 1250. The van der Waals surface area contributed by atoms with Crippen molar-refractivity contribution in [2.75, 3.05) is 12.0 Å². The number of amides is 3. The highest BCUT2D eigenvalue weighted by Gasteiger charge is 2.47. The summed E-state index contributed by atoms with van der Waals surface area (Å²) in [6.07, 6.45) is 5.12. The van der Waals surface area contributed by atoms with E-state index in [-0.39, 0.29) is 36.1 Å². The van der Waals surface area contributed by atoms with E-state index in [1.165, 1.54) is 16.7 Å². The molecule has 8 nitrogen and oxygen atoms in total. The van der Waals surface area contributed by atoms with E-state index in [0.29, 0.717) is 28.4 Å². The number of carbonyl (C=O) groups excluding carboxylic acids is 3. The van der Waals surface area contributed by atoms with E-state index in [1.807, 2.05) is 26.8 Å². The Morgan fingerprint density at radius 3 is 2.44 bits per heavy atom. The van der Waals surface area contributed by atoms with Gasteiger partial charge in [-0.05, 0) is 61.6 Å². The van der Waals surface area contributed by atoms with Crippen LogP contribution >= 0.6 is 11.8 Å². The Morgan fingerprint density at radius 1 is 1.15 bits per heavy atom. The van der Waals surface area contributed by atoms with Crippen LogP contribution in [-0.2, 0) is 14.4 Å². The molecule has 1 saturated heterocycles. The van der Waals surface area contributed by atoms with Crippen molar-refractivity contribution in [1.29, 1.82) is 5.26 Å². The van der Waals surface area contributed by atoms with Crippen LogP contribution in [0.1, 0.15) is 82.9 Å². The summed E-state index contributed by atoms with van der Waals surface area (Å²) in [5.74, 6) is -0.0531. The van der Waals surface area contributed by atoms with Gasteiger partial charge in [0.2, 0.25) is 11.8 Å². The van der Waals surface area contributed by atoms with E-state index in [0.717, 1.165) is 37.8 Å². The molecule has 0 spiro atoms. The topological polar surface area (TPSA) is 104 Å². The van der Waals surface area contributed by atoms with Gasteiger partial charge in [-0.2, -0.15) is 5.26 Å². The van der Waals surface area contributed by atoms with Crippen molar-refractivity contribution in [2.24, 2.45) is 0 Å². The third-order valence-corrected chi connectivity index (χ3v) is 8.86. The van der Waals surface area contributed by atoms with E-state index in [4.69, 9.17) is 9.72 Å². The summed E-state index contributed by atoms with van der Waals surface area (Å²) in [6.45, 7) is 6.00. The van der Waals surface area contributed by atoms with Crippen molar-refractivity contribution < 1.29 is 19.1 Å². The van der Waals surface area contributed by atoms with Crippen molar-refractivity contribution in [1.82, 2.24) is 9.88 Å². The minimum atomic E-state index is -0.852. The molecule has 2 unspecified atom stereocenters. The molecule has 4 rings (SSSR count). The number of pyridine rings is 1. The maximum atomic E-state index is 14.3. The highest BCUT2D eigenvalue weighted by Crippen LogP contribution is 2.36. The first-order chi connectivity index (χ1) is 18.8. The van der Waals surface area contributed by atoms with Gasteiger partial charge in [-0.1, -0.05) is 51.8 Å². The summed E-state index contributed by atoms with van der Waals surface area (Å²) in [4.78, 5) is 48.8. The van der Waals surface area contributed by atoms with Gasteiger partial charge in [-0.3, -0.25) is 14.4 Å². The number of rotatable bonds is 9. The fourth-order valence-electron chi connectivity index (χ4n) is 5.34. The second-order valence-electron chi connectivity index (χ2n) is 10.4. The quantitative estimate of drug-likeness (QED) is 0.303. The molecule has 2 heterocycles. The van der Waals surface area contributed by atoms with E-state index >= 15 is 0 Å². The number of benzene rings is 1. The maximum absolute atomic E-state index is 14.3. The summed E-state index contributed by atoms with van der Waals surface area (Å²) >= 11 is 1.29. The smallest absolute Gasteiger partial charge is 0.257 e. The number of anilines is 1. The molecule has 0 N–H and O–H groups in total. The third-order valence-electron chi connectivity index (χ3n) is 7.51. The van der Waals surface area contributed by atoms with Gasteiger partial charge in [0.15, 0.2) is 0 Å². The minimum absolute atomic E-state index is 0.0429. The summed E-state index contributed by atoms with van der Waals surface area (Å²) < 4.78 is 5.21. The van der Waals surface area contributed by atoms with Gasteiger partial charge >= 0.3 is 0 Å². The normalized spacial score (nSPS) is 18.8. The molecule has 2 fully saturated rings. The van der Waals surface area contributed by atoms with Gasteiger partial charge in [0.05, 0.1) is 30.0 Å². The van der Waals surface area contributed by atoms with Crippen molar-refractivity contribution in [2.45, 2.75) is 94.0 Å². The van der Waals surface area contributed by atoms with Crippen LogP contribution in [0.25, 0.3) is 0 Å². The first kappa shape index (κ1) is 28.6. The van der Waals surface area contributed by atoms with Crippen molar-refractivity contribution >= 4 is 35.2 Å². The van der Waals surface area contributed by atoms with E-state index in [2.05, 4.69) is 6.07 Å². The summed E-state index contributed by atoms with van der Waals surface area (Å²) in [6, 6.07) is 11.6. The van der Waals surface area contributed by atoms with E-state index < -0.39 is 11.3 Å². The van der Waals surface area contributed by atoms with Crippen molar-refractivity contribution in [3.05, 3.63) is 47.7 Å². The summed E-state index contributed by atoms with van der Waals surface area (Å²) in [5.41, 5.74) is 1.76. The number of ether oxygens (including phenoxy) is 1. The zero-order valence-corrected chi connectivity index (χ0v) is 23.9. The number of hydrogen-bond acceptors (Lipinski definition) is 7. The molecule has 2 atom stereocenters. The predicted molar refractivity (Wildman–Crippen MR) is 151 cm³/mol. The van der Waals surface area contributed by atoms with Crippen LogP contribution in [0.5, 0.6) is 5.75 Å².